The molecule has 0 unspecified atom stereocenters. The molecule has 0 aliphatic carbocycles. The maximum absolute atomic E-state index is 11.0. The van der Waals surface area contributed by atoms with Gasteiger partial charge in [-0.1, -0.05) is 18.2 Å². The third kappa shape index (κ3) is 2.76. The second kappa shape index (κ2) is 4.47. The molecule has 1 rings (SSSR count). The van der Waals surface area contributed by atoms with Crippen LogP contribution in [0.5, 0.6) is 0 Å². The first-order valence-electron chi connectivity index (χ1n) is 3.53. The van der Waals surface area contributed by atoms with Crippen LogP contribution in [0, 0.1) is 0 Å². The summed E-state index contributed by atoms with van der Waals surface area (Å²) in [6.45, 7) is 3.34. The van der Waals surface area contributed by atoms with Crippen molar-refractivity contribution >= 4 is 23.3 Å². The Hall–Kier alpha value is -1.55. The number of pyridine rings is 1. The highest BCUT2D eigenvalue weighted by molar-refractivity contribution is 6.32. The van der Waals surface area contributed by atoms with Crippen LogP contribution in [0.15, 0.2) is 31.1 Å². The second-order valence-corrected chi connectivity index (χ2v) is 2.50. The fourth-order valence-electron chi connectivity index (χ4n) is 0.730. The monoisotopic (exact) mass is 197 g/mol. The van der Waals surface area contributed by atoms with E-state index in [-0.39, 0.29) is 5.15 Å². The molecule has 0 spiro atoms. The Kier molecular flexibility index (Phi) is 3.28. The quantitative estimate of drug-likeness (QED) is 0.713. The van der Waals surface area contributed by atoms with Crippen molar-refractivity contribution in [3.05, 3.63) is 36.3 Å². The second-order valence-electron chi connectivity index (χ2n) is 2.14. The van der Waals surface area contributed by atoms with Gasteiger partial charge in [0.1, 0.15) is 0 Å². The predicted octanol–water partition coefficient (Wildman–Crippen LogP) is 2.00. The fourth-order valence-corrected chi connectivity index (χ4v) is 0.897. The Morgan fingerprint density at radius 3 is 3.08 bits per heavy atom. The van der Waals surface area contributed by atoms with Gasteiger partial charge < -0.3 is 10.6 Å². The molecule has 5 heteroatoms. The van der Waals surface area contributed by atoms with E-state index in [1.807, 2.05) is 0 Å². The van der Waals surface area contributed by atoms with Gasteiger partial charge >= 0.3 is 6.03 Å². The summed E-state index contributed by atoms with van der Waals surface area (Å²) in [4.78, 5) is 14.8. The van der Waals surface area contributed by atoms with Crippen molar-refractivity contribution in [2.75, 3.05) is 5.32 Å². The van der Waals surface area contributed by atoms with Gasteiger partial charge in [-0.3, -0.25) is 0 Å². The van der Waals surface area contributed by atoms with Crippen LogP contribution in [0.25, 0.3) is 0 Å². The average Bonchev–Trinajstić information content (AvgIpc) is 2.09. The summed E-state index contributed by atoms with van der Waals surface area (Å²) in [6.07, 6.45) is 2.82. The molecule has 1 aromatic heterocycles. The Bertz CT molecular complexity index is 327. The Morgan fingerprint density at radius 2 is 2.46 bits per heavy atom. The van der Waals surface area contributed by atoms with E-state index in [0.29, 0.717) is 5.69 Å². The number of amides is 2. The Labute approximate surface area is 80.6 Å². The number of aromatic nitrogens is 1. The molecular formula is C8H8ClN3O. The molecule has 4 nitrogen and oxygen atoms in total. The molecule has 13 heavy (non-hydrogen) atoms. The number of nitrogens with one attached hydrogen (secondary N) is 2. The largest absolute Gasteiger partial charge is 0.323 e. The summed E-state index contributed by atoms with van der Waals surface area (Å²) in [5, 5.41) is 5.10. The lowest BCUT2D eigenvalue weighted by molar-refractivity contribution is 0.255. The van der Waals surface area contributed by atoms with Gasteiger partial charge in [-0.25, -0.2) is 9.78 Å². The minimum atomic E-state index is -0.398. The zero-order chi connectivity index (χ0) is 9.68. The third-order valence-electron chi connectivity index (χ3n) is 1.24. The summed E-state index contributed by atoms with van der Waals surface area (Å²) in [5.41, 5.74) is 0.462. The molecule has 1 aromatic rings. The van der Waals surface area contributed by atoms with Crippen molar-refractivity contribution in [1.29, 1.82) is 0 Å². The Balaban J connectivity index is 2.68. The zero-order valence-electron chi connectivity index (χ0n) is 6.75. The number of nitrogens with zero attached hydrogens (tertiary/aromatic N) is 1. The molecule has 2 amide bonds. The van der Waals surface area contributed by atoms with Crippen molar-refractivity contribution in [3.8, 4) is 0 Å². The smallest absolute Gasteiger partial charge is 0.315 e. The van der Waals surface area contributed by atoms with Gasteiger partial charge in [0.25, 0.3) is 0 Å². The van der Waals surface area contributed by atoms with Crippen LogP contribution in [0.1, 0.15) is 0 Å². The first-order chi connectivity index (χ1) is 6.24. The molecular weight excluding hydrogens is 190 g/mol. The molecule has 0 aliphatic heterocycles. The number of hydrogen-bond donors (Lipinski definition) is 2. The van der Waals surface area contributed by atoms with Crippen molar-refractivity contribution in [3.63, 3.8) is 0 Å². The van der Waals surface area contributed by atoms with Crippen LogP contribution in [0.2, 0.25) is 5.15 Å². The fraction of sp³-hybridized carbons (Fsp3) is 0. The highest BCUT2D eigenvalue weighted by Gasteiger charge is 2.02. The van der Waals surface area contributed by atoms with Gasteiger partial charge in [-0.15, -0.1) is 0 Å². The van der Waals surface area contributed by atoms with Gasteiger partial charge in [0.2, 0.25) is 0 Å². The maximum atomic E-state index is 11.0. The van der Waals surface area contributed by atoms with E-state index in [1.165, 1.54) is 6.20 Å². The molecule has 0 aromatic carbocycles. The van der Waals surface area contributed by atoms with E-state index in [1.54, 1.807) is 18.3 Å². The van der Waals surface area contributed by atoms with E-state index in [4.69, 9.17) is 11.6 Å². The maximum Gasteiger partial charge on any atom is 0.323 e. The van der Waals surface area contributed by atoms with Gasteiger partial charge in [0.15, 0.2) is 5.15 Å². The van der Waals surface area contributed by atoms with Crippen LogP contribution in [-0.2, 0) is 0 Å². The predicted molar refractivity (Wildman–Crippen MR) is 51.6 cm³/mol. The van der Waals surface area contributed by atoms with Crippen molar-refractivity contribution in [2.45, 2.75) is 0 Å². The van der Waals surface area contributed by atoms with E-state index in [2.05, 4.69) is 22.2 Å². The van der Waals surface area contributed by atoms with Crippen molar-refractivity contribution in [1.82, 2.24) is 10.3 Å². The lowest BCUT2D eigenvalue weighted by Gasteiger charge is -2.04. The lowest BCUT2D eigenvalue weighted by atomic mass is 10.4. The summed E-state index contributed by atoms with van der Waals surface area (Å²) in [5.74, 6) is 0. The molecule has 0 fully saturated rings. The highest BCUT2D eigenvalue weighted by Crippen LogP contribution is 2.16. The molecule has 0 saturated carbocycles. The number of anilines is 1. The van der Waals surface area contributed by atoms with E-state index >= 15 is 0 Å². The number of carbonyl (C=O) groups is 1. The van der Waals surface area contributed by atoms with Gasteiger partial charge in [0.05, 0.1) is 5.69 Å². The lowest BCUT2D eigenvalue weighted by Crippen LogP contribution is -2.23. The van der Waals surface area contributed by atoms with Crippen LogP contribution in [-0.4, -0.2) is 11.0 Å². The number of urea groups is 1. The first kappa shape index (κ1) is 9.54. The molecule has 68 valence electrons. The van der Waals surface area contributed by atoms with Crippen LogP contribution in [0.3, 0.4) is 0 Å². The number of halogens is 1. The molecule has 1 heterocycles. The average molecular weight is 198 g/mol. The summed E-state index contributed by atoms with van der Waals surface area (Å²) < 4.78 is 0. The third-order valence-corrected chi connectivity index (χ3v) is 1.54. The molecule has 0 saturated heterocycles. The summed E-state index contributed by atoms with van der Waals surface area (Å²) >= 11 is 5.69. The first-order valence-corrected chi connectivity index (χ1v) is 3.91. The highest BCUT2D eigenvalue weighted by atomic mass is 35.5. The van der Waals surface area contributed by atoms with Gasteiger partial charge in [-0.2, -0.15) is 0 Å². The van der Waals surface area contributed by atoms with E-state index in [0.717, 1.165) is 0 Å². The van der Waals surface area contributed by atoms with E-state index in [9.17, 15) is 4.79 Å². The zero-order valence-corrected chi connectivity index (χ0v) is 7.51. The van der Waals surface area contributed by atoms with Crippen molar-refractivity contribution < 1.29 is 4.79 Å². The Morgan fingerprint density at radius 1 is 1.69 bits per heavy atom. The molecule has 0 radical (unpaired) electrons. The number of hydrogen-bond acceptors (Lipinski definition) is 2. The van der Waals surface area contributed by atoms with Gasteiger partial charge in [-0.05, 0) is 18.3 Å². The minimum absolute atomic E-state index is 0.252. The number of rotatable bonds is 2. The summed E-state index contributed by atoms with van der Waals surface area (Å²) in [7, 11) is 0. The van der Waals surface area contributed by atoms with Crippen LogP contribution >= 0.6 is 11.6 Å². The SMILES string of the molecule is C=CNC(=O)Nc1cccnc1Cl. The molecule has 0 atom stereocenters. The molecule has 0 aliphatic rings. The number of carbonyl (C=O) groups excluding carboxylic acids is 1. The standard InChI is InChI=1S/C8H8ClN3O/c1-2-10-8(13)12-6-4-3-5-11-7(6)9/h2-5H,1H2,(H2,10,12,13). The van der Waals surface area contributed by atoms with Gasteiger partial charge in [0, 0.05) is 6.20 Å². The normalized spacial score (nSPS) is 9.00. The topological polar surface area (TPSA) is 54.0 Å². The molecule has 0 bridgehead atoms. The van der Waals surface area contributed by atoms with E-state index < -0.39 is 6.03 Å². The van der Waals surface area contributed by atoms with Crippen molar-refractivity contribution in [2.24, 2.45) is 0 Å². The minimum Gasteiger partial charge on any atom is -0.315 e. The van der Waals surface area contributed by atoms with Crippen LogP contribution in [0.4, 0.5) is 10.5 Å². The van der Waals surface area contributed by atoms with Crippen LogP contribution < -0.4 is 10.6 Å². The summed E-state index contributed by atoms with van der Waals surface area (Å²) in [6, 6.07) is 2.93. The molecule has 2 N–H and O–H groups in total.